The van der Waals surface area contributed by atoms with Gasteiger partial charge >= 0.3 is 0 Å². The van der Waals surface area contributed by atoms with E-state index in [-0.39, 0.29) is 5.91 Å². The van der Waals surface area contributed by atoms with Gasteiger partial charge in [-0.1, -0.05) is 17.7 Å². The van der Waals surface area contributed by atoms with E-state index in [1.807, 2.05) is 43.3 Å². The van der Waals surface area contributed by atoms with Crippen molar-refractivity contribution in [2.45, 2.75) is 26.8 Å². The highest BCUT2D eigenvalue weighted by Crippen LogP contribution is 2.13. The molecule has 0 fully saturated rings. The van der Waals surface area contributed by atoms with Gasteiger partial charge in [-0.3, -0.25) is 4.79 Å². The molecule has 0 aliphatic heterocycles. The van der Waals surface area contributed by atoms with E-state index >= 15 is 0 Å². The number of pyridine rings is 1. The lowest BCUT2D eigenvalue weighted by Crippen LogP contribution is -2.26. The van der Waals surface area contributed by atoms with Gasteiger partial charge in [0.05, 0.1) is 0 Å². The quantitative estimate of drug-likeness (QED) is 0.788. The second-order valence-corrected chi connectivity index (χ2v) is 5.49. The normalized spacial score (nSPS) is 10.9. The van der Waals surface area contributed by atoms with Crippen LogP contribution in [0.4, 0.5) is 0 Å². The molecule has 118 valence electrons. The van der Waals surface area contributed by atoms with Gasteiger partial charge < -0.3 is 9.88 Å². The Hall–Kier alpha value is -2.69. The van der Waals surface area contributed by atoms with Crippen LogP contribution in [-0.2, 0) is 13.0 Å². The molecule has 0 aliphatic rings. The number of rotatable bonds is 5. The van der Waals surface area contributed by atoms with E-state index in [0.717, 1.165) is 29.1 Å². The number of carbonyl (C=O) groups excluding carboxylic acids is 1. The maximum atomic E-state index is 12.2. The van der Waals surface area contributed by atoms with Crippen LogP contribution in [0.3, 0.4) is 0 Å². The van der Waals surface area contributed by atoms with Gasteiger partial charge in [-0.2, -0.15) is 0 Å². The maximum Gasteiger partial charge on any atom is 0.251 e. The first-order valence-electron chi connectivity index (χ1n) is 7.84. The molecule has 0 saturated carbocycles. The Labute approximate surface area is 135 Å². The summed E-state index contributed by atoms with van der Waals surface area (Å²) in [5.74, 6) is 0.900. The molecule has 0 spiro atoms. The van der Waals surface area contributed by atoms with Crippen LogP contribution in [-0.4, -0.2) is 27.0 Å². The molecule has 1 aromatic carbocycles. The number of imidazole rings is 1. The number of hydrogen-bond donors (Lipinski definition) is 1. The summed E-state index contributed by atoms with van der Waals surface area (Å²) in [6.07, 6.45) is 2.46. The maximum absolute atomic E-state index is 12.2. The van der Waals surface area contributed by atoms with E-state index in [1.54, 1.807) is 6.20 Å². The monoisotopic (exact) mass is 308 g/mol. The van der Waals surface area contributed by atoms with E-state index in [0.29, 0.717) is 18.5 Å². The predicted octanol–water partition coefficient (Wildman–Crippen LogP) is 2.73. The fourth-order valence-corrected chi connectivity index (χ4v) is 2.70. The Bertz CT molecular complexity index is 838. The first-order valence-corrected chi connectivity index (χ1v) is 7.84. The third-order valence-electron chi connectivity index (χ3n) is 3.81. The van der Waals surface area contributed by atoms with Gasteiger partial charge in [0.15, 0.2) is 5.65 Å². The van der Waals surface area contributed by atoms with Crippen LogP contribution in [0.25, 0.3) is 11.2 Å². The summed E-state index contributed by atoms with van der Waals surface area (Å²) < 4.78 is 2.09. The Kier molecular flexibility index (Phi) is 4.37. The predicted molar refractivity (Wildman–Crippen MR) is 90.4 cm³/mol. The van der Waals surface area contributed by atoms with Crippen LogP contribution in [0, 0.1) is 6.92 Å². The third kappa shape index (κ3) is 3.23. The highest BCUT2D eigenvalue weighted by molar-refractivity contribution is 5.94. The number of benzene rings is 1. The fourth-order valence-electron chi connectivity index (χ4n) is 2.70. The van der Waals surface area contributed by atoms with E-state index in [4.69, 9.17) is 0 Å². The minimum absolute atomic E-state index is 0.0500. The standard InChI is InChI=1S/C18H20N4O/c1-3-22-16(21-15-8-5-10-19-17(15)22)9-11-20-18(23)14-7-4-6-13(2)12-14/h4-8,10,12H,3,9,11H2,1-2H3,(H,20,23). The van der Waals surface area contributed by atoms with Gasteiger partial charge in [0.25, 0.3) is 5.91 Å². The van der Waals surface area contributed by atoms with Gasteiger partial charge in [0.2, 0.25) is 0 Å². The summed E-state index contributed by atoms with van der Waals surface area (Å²) in [6.45, 7) is 5.42. The molecule has 1 amide bonds. The van der Waals surface area contributed by atoms with E-state index < -0.39 is 0 Å². The molecular weight excluding hydrogens is 288 g/mol. The average molecular weight is 308 g/mol. The lowest BCUT2D eigenvalue weighted by Gasteiger charge is -2.07. The summed E-state index contributed by atoms with van der Waals surface area (Å²) >= 11 is 0. The summed E-state index contributed by atoms with van der Waals surface area (Å²) in [4.78, 5) is 21.2. The summed E-state index contributed by atoms with van der Waals surface area (Å²) in [5, 5.41) is 2.96. The molecule has 3 rings (SSSR count). The smallest absolute Gasteiger partial charge is 0.251 e. The SMILES string of the molecule is CCn1c(CCNC(=O)c2cccc(C)c2)nc2cccnc21. The second kappa shape index (κ2) is 6.60. The molecule has 0 bridgehead atoms. The van der Waals surface area contributed by atoms with E-state index in [1.165, 1.54) is 0 Å². The van der Waals surface area contributed by atoms with Crippen molar-refractivity contribution >= 4 is 17.1 Å². The summed E-state index contributed by atoms with van der Waals surface area (Å²) in [7, 11) is 0. The van der Waals surface area contributed by atoms with Crippen molar-refractivity contribution < 1.29 is 4.79 Å². The number of amides is 1. The number of nitrogens with zero attached hydrogens (tertiary/aromatic N) is 3. The molecule has 0 radical (unpaired) electrons. The van der Waals surface area contributed by atoms with Crippen molar-refractivity contribution in [3.63, 3.8) is 0 Å². The van der Waals surface area contributed by atoms with Crippen molar-refractivity contribution in [2.24, 2.45) is 0 Å². The van der Waals surface area contributed by atoms with Gasteiger partial charge in [0.1, 0.15) is 11.3 Å². The zero-order chi connectivity index (χ0) is 16.2. The number of aromatic nitrogens is 3. The zero-order valence-electron chi connectivity index (χ0n) is 13.4. The molecule has 0 unspecified atom stereocenters. The number of aryl methyl sites for hydroxylation is 2. The minimum Gasteiger partial charge on any atom is -0.352 e. The van der Waals surface area contributed by atoms with Gasteiger partial charge in [-0.05, 0) is 38.1 Å². The van der Waals surface area contributed by atoms with Crippen LogP contribution < -0.4 is 5.32 Å². The molecule has 5 heteroatoms. The molecular formula is C18H20N4O. The third-order valence-corrected chi connectivity index (χ3v) is 3.81. The van der Waals surface area contributed by atoms with Crippen LogP contribution in [0.1, 0.15) is 28.7 Å². The highest BCUT2D eigenvalue weighted by Gasteiger charge is 2.11. The van der Waals surface area contributed by atoms with Crippen molar-refractivity contribution in [3.8, 4) is 0 Å². The number of hydrogen-bond acceptors (Lipinski definition) is 3. The number of carbonyl (C=O) groups is 1. The Morgan fingerprint density at radius 1 is 1.26 bits per heavy atom. The average Bonchev–Trinajstić information content (AvgIpc) is 2.92. The fraction of sp³-hybridized carbons (Fsp3) is 0.278. The molecule has 3 aromatic rings. The lowest BCUT2D eigenvalue weighted by atomic mass is 10.1. The van der Waals surface area contributed by atoms with Crippen molar-refractivity contribution in [2.75, 3.05) is 6.54 Å². The minimum atomic E-state index is -0.0500. The van der Waals surface area contributed by atoms with Crippen LogP contribution in [0.15, 0.2) is 42.6 Å². The first kappa shape index (κ1) is 15.2. The van der Waals surface area contributed by atoms with E-state index in [9.17, 15) is 4.79 Å². The van der Waals surface area contributed by atoms with Gasteiger partial charge in [0, 0.05) is 31.3 Å². The van der Waals surface area contributed by atoms with Gasteiger partial charge in [-0.15, -0.1) is 0 Å². The molecule has 5 nitrogen and oxygen atoms in total. The molecule has 0 aliphatic carbocycles. The van der Waals surface area contributed by atoms with Crippen LogP contribution >= 0.6 is 0 Å². The van der Waals surface area contributed by atoms with E-state index in [2.05, 4.69) is 26.8 Å². The molecule has 2 heterocycles. The zero-order valence-corrected chi connectivity index (χ0v) is 13.4. The second-order valence-electron chi connectivity index (χ2n) is 5.49. The Balaban J connectivity index is 1.68. The Morgan fingerprint density at radius 3 is 2.91 bits per heavy atom. The topological polar surface area (TPSA) is 59.8 Å². The highest BCUT2D eigenvalue weighted by atomic mass is 16.1. The summed E-state index contributed by atoms with van der Waals surface area (Å²) in [6, 6.07) is 11.4. The van der Waals surface area contributed by atoms with Crippen LogP contribution in [0.2, 0.25) is 0 Å². The lowest BCUT2D eigenvalue weighted by molar-refractivity contribution is 0.0954. The van der Waals surface area contributed by atoms with Gasteiger partial charge in [-0.25, -0.2) is 9.97 Å². The molecule has 0 atom stereocenters. The Morgan fingerprint density at radius 2 is 2.13 bits per heavy atom. The molecule has 23 heavy (non-hydrogen) atoms. The van der Waals surface area contributed by atoms with Crippen molar-refractivity contribution in [1.29, 1.82) is 0 Å². The first-order chi connectivity index (χ1) is 11.2. The van der Waals surface area contributed by atoms with Crippen molar-refractivity contribution in [1.82, 2.24) is 19.9 Å². The number of fused-ring (bicyclic) bond motifs is 1. The molecule has 2 aromatic heterocycles. The summed E-state index contributed by atoms with van der Waals surface area (Å²) in [5.41, 5.74) is 3.57. The molecule has 0 saturated heterocycles. The number of nitrogens with one attached hydrogen (secondary N) is 1. The van der Waals surface area contributed by atoms with Crippen molar-refractivity contribution in [3.05, 3.63) is 59.5 Å². The van der Waals surface area contributed by atoms with Crippen LogP contribution in [0.5, 0.6) is 0 Å². The molecule has 1 N–H and O–H groups in total. The largest absolute Gasteiger partial charge is 0.352 e.